The maximum absolute atomic E-state index is 6.02. The van der Waals surface area contributed by atoms with E-state index >= 15 is 0 Å². The molecule has 106 valence electrons. The Bertz CT molecular complexity index is 585. The van der Waals surface area contributed by atoms with Crippen LogP contribution in [0.25, 0.3) is 5.95 Å². The van der Waals surface area contributed by atoms with Crippen molar-refractivity contribution in [3.63, 3.8) is 0 Å². The molecule has 2 aromatic heterocycles. The standard InChI is InChI=1S/C12H16ClN7/c1-8-3-4-9(2)19(5-8)11-16-10(13)17-12(18-11)20-7-14-6-15-20/h6-9H,3-5H2,1-2H3. The van der Waals surface area contributed by atoms with Gasteiger partial charge in [0.1, 0.15) is 12.7 Å². The third-order valence-corrected chi connectivity index (χ3v) is 3.75. The molecule has 3 rings (SSSR count). The van der Waals surface area contributed by atoms with Crippen LogP contribution in [0, 0.1) is 5.92 Å². The normalized spacial score (nSPS) is 23.1. The van der Waals surface area contributed by atoms with Gasteiger partial charge in [0.25, 0.3) is 5.95 Å². The minimum Gasteiger partial charge on any atom is -0.338 e. The first-order chi connectivity index (χ1) is 9.63. The van der Waals surface area contributed by atoms with Crippen LogP contribution in [0.1, 0.15) is 26.7 Å². The van der Waals surface area contributed by atoms with Gasteiger partial charge in [-0.05, 0) is 37.3 Å². The highest BCUT2D eigenvalue weighted by Crippen LogP contribution is 2.25. The van der Waals surface area contributed by atoms with Crippen molar-refractivity contribution >= 4 is 17.5 Å². The molecule has 1 aliphatic heterocycles. The van der Waals surface area contributed by atoms with Crippen molar-refractivity contribution in [3.8, 4) is 5.95 Å². The van der Waals surface area contributed by atoms with Crippen LogP contribution in [-0.4, -0.2) is 42.3 Å². The van der Waals surface area contributed by atoms with Crippen molar-refractivity contribution in [2.45, 2.75) is 32.7 Å². The Morgan fingerprint density at radius 1 is 1.15 bits per heavy atom. The fourth-order valence-corrected chi connectivity index (χ4v) is 2.59. The predicted octanol–water partition coefficient (Wildman–Crippen LogP) is 1.73. The molecule has 0 aliphatic carbocycles. The predicted molar refractivity (Wildman–Crippen MR) is 75.0 cm³/mol. The molecule has 8 heteroatoms. The first-order valence-electron chi connectivity index (χ1n) is 6.66. The molecule has 0 N–H and O–H groups in total. The lowest BCUT2D eigenvalue weighted by molar-refractivity contribution is 0.385. The van der Waals surface area contributed by atoms with Gasteiger partial charge in [-0.1, -0.05) is 6.92 Å². The Balaban J connectivity index is 1.97. The smallest absolute Gasteiger partial charge is 0.258 e. The van der Waals surface area contributed by atoms with Gasteiger partial charge >= 0.3 is 0 Å². The fraction of sp³-hybridized carbons (Fsp3) is 0.583. The van der Waals surface area contributed by atoms with E-state index in [2.05, 4.69) is 43.8 Å². The highest BCUT2D eigenvalue weighted by Gasteiger charge is 2.26. The second kappa shape index (κ2) is 5.32. The lowest BCUT2D eigenvalue weighted by Crippen LogP contribution is -2.42. The zero-order valence-corrected chi connectivity index (χ0v) is 12.2. The first-order valence-corrected chi connectivity index (χ1v) is 7.04. The van der Waals surface area contributed by atoms with Crippen LogP contribution >= 0.6 is 11.6 Å². The third-order valence-electron chi connectivity index (χ3n) is 3.58. The molecule has 1 aliphatic rings. The van der Waals surface area contributed by atoms with E-state index in [1.54, 1.807) is 0 Å². The summed E-state index contributed by atoms with van der Waals surface area (Å²) in [7, 11) is 0. The van der Waals surface area contributed by atoms with E-state index in [0.717, 1.165) is 13.0 Å². The molecular formula is C12H16ClN7. The molecule has 2 atom stereocenters. The Morgan fingerprint density at radius 3 is 2.70 bits per heavy atom. The zero-order valence-electron chi connectivity index (χ0n) is 11.4. The van der Waals surface area contributed by atoms with Crippen LogP contribution in [-0.2, 0) is 0 Å². The van der Waals surface area contributed by atoms with Crippen molar-refractivity contribution in [2.24, 2.45) is 5.92 Å². The molecule has 0 radical (unpaired) electrons. The van der Waals surface area contributed by atoms with Crippen LogP contribution in [0.5, 0.6) is 0 Å². The minimum absolute atomic E-state index is 0.172. The Labute approximate surface area is 122 Å². The fourth-order valence-electron chi connectivity index (χ4n) is 2.44. The molecule has 20 heavy (non-hydrogen) atoms. The third kappa shape index (κ3) is 2.58. The summed E-state index contributed by atoms with van der Waals surface area (Å²) in [6.45, 7) is 5.34. The lowest BCUT2D eigenvalue weighted by Gasteiger charge is -2.36. The summed E-state index contributed by atoms with van der Waals surface area (Å²) in [6, 6.07) is 0.397. The molecule has 7 nitrogen and oxygen atoms in total. The second-order valence-corrected chi connectivity index (χ2v) is 5.57. The number of piperidine rings is 1. The molecular weight excluding hydrogens is 278 g/mol. The monoisotopic (exact) mass is 293 g/mol. The molecule has 2 aromatic rings. The van der Waals surface area contributed by atoms with E-state index in [9.17, 15) is 0 Å². The topological polar surface area (TPSA) is 72.6 Å². The number of aromatic nitrogens is 6. The molecule has 0 aromatic carbocycles. The first kappa shape index (κ1) is 13.2. The molecule has 0 amide bonds. The summed E-state index contributed by atoms with van der Waals surface area (Å²) < 4.78 is 1.48. The van der Waals surface area contributed by atoms with Crippen LogP contribution < -0.4 is 4.90 Å². The number of nitrogens with zero attached hydrogens (tertiary/aromatic N) is 7. The van der Waals surface area contributed by atoms with Gasteiger partial charge in [-0.2, -0.15) is 24.7 Å². The summed E-state index contributed by atoms with van der Waals surface area (Å²) in [5.41, 5.74) is 0. The van der Waals surface area contributed by atoms with Gasteiger partial charge in [0, 0.05) is 12.6 Å². The van der Waals surface area contributed by atoms with Gasteiger partial charge < -0.3 is 4.90 Å². The van der Waals surface area contributed by atoms with Crippen LogP contribution in [0.3, 0.4) is 0 Å². The summed E-state index contributed by atoms with van der Waals surface area (Å²) in [5, 5.41) is 4.20. The van der Waals surface area contributed by atoms with E-state index in [0.29, 0.717) is 23.9 Å². The van der Waals surface area contributed by atoms with E-state index < -0.39 is 0 Å². The maximum Gasteiger partial charge on any atom is 0.258 e. The number of rotatable bonds is 2. The number of hydrogen-bond donors (Lipinski definition) is 0. The molecule has 0 bridgehead atoms. The number of hydrogen-bond acceptors (Lipinski definition) is 6. The minimum atomic E-state index is 0.172. The number of anilines is 1. The maximum atomic E-state index is 6.02. The molecule has 0 spiro atoms. The molecule has 1 saturated heterocycles. The quantitative estimate of drug-likeness (QED) is 0.839. The van der Waals surface area contributed by atoms with Gasteiger partial charge in [0.15, 0.2) is 0 Å². The van der Waals surface area contributed by atoms with Gasteiger partial charge in [-0.25, -0.2) is 4.98 Å². The summed E-state index contributed by atoms with van der Waals surface area (Å²) >= 11 is 6.02. The van der Waals surface area contributed by atoms with E-state index in [1.807, 2.05) is 0 Å². The lowest BCUT2D eigenvalue weighted by atomic mass is 9.95. The Kier molecular flexibility index (Phi) is 3.52. The van der Waals surface area contributed by atoms with Crippen LogP contribution in [0.4, 0.5) is 5.95 Å². The van der Waals surface area contributed by atoms with Crippen molar-refractivity contribution in [3.05, 3.63) is 17.9 Å². The van der Waals surface area contributed by atoms with Crippen LogP contribution in [0.2, 0.25) is 5.28 Å². The molecule has 1 fully saturated rings. The highest BCUT2D eigenvalue weighted by atomic mass is 35.5. The SMILES string of the molecule is CC1CCC(C)N(c2nc(Cl)nc(-n3cncn3)n2)C1. The van der Waals surface area contributed by atoms with Crippen molar-refractivity contribution < 1.29 is 0 Å². The van der Waals surface area contributed by atoms with E-state index in [-0.39, 0.29) is 5.28 Å². The van der Waals surface area contributed by atoms with Gasteiger partial charge in [0.05, 0.1) is 0 Å². The molecule has 0 saturated carbocycles. The van der Waals surface area contributed by atoms with E-state index in [4.69, 9.17) is 11.6 Å². The number of halogens is 1. The molecule has 2 unspecified atom stereocenters. The second-order valence-electron chi connectivity index (χ2n) is 5.23. The Morgan fingerprint density at radius 2 is 1.95 bits per heavy atom. The van der Waals surface area contributed by atoms with Crippen molar-refractivity contribution in [1.29, 1.82) is 0 Å². The molecule has 3 heterocycles. The Hall–Kier alpha value is -1.76. The van der Waals surface area contributed by atoms with Crippen LogP contribution in [0.15, 0.2) is 12.7 Å². The van der Waals surface area contributed by atoms with E-state index in [1.165, 1.54) is 23.8 Å². The highest BCUT2D eigenvalue weighted by molar-refractivity contribution is 6.28. The summed E-state index contributed by atoms with van der Waals surface area (Å²) in [6.07, 6.45) is 5.33. The van der Waals surface area contributed by atoms with Gasteiger partial charge in [0.2, 0.25) is 11.2 Å². The van der Waals surface area contributed by atoms with Crippen molar-refractivity contribution in [2.75, 3.05) is 11.4 Å². The average Bonchev–Trinajstić information content (AvgIpc) is 2.95. The van der Waals surface area contributed by atoms with Crippen molar-refractivity contribution in [1.82, 2.24) is 29.7 Å². The zero-order chi connectivity index (χ0) is 14.1. The average molecular weight is 294 g/mol. The summed E-state index contributed by atoms with van der Waals surface area (Å²) in [4.78, 5) is 18.9. The van der Waals surface area contributed by atoms with Gasteiger partial charge in [-0.3, -0.25) is 0 Å². The van der Waals surface area contributed by atoms with Gasteiger partial charge in [-0.15, -0.1) is 0 Å². The summed E-state index contributed by atoms with van der Waals surface area (Å²) in [5.74, 6) is 1.62. The largest absolute Gasteiger partial charge is 0.338 e.